The first-order valence-electron chi connectivity index (χ1n) is 5.63. The van der Waals surface area contributed by atoms with Crippen LogP contribution in [0.4, 0.5) is 0 Å². The molecule has 2 atom stereocenters. The van der Waals surface area contributed by atoms with Crippen molar-refractivity contribution in [1.82, 2.24) is 0 Å². The number of hydrogen-bond acceptors (Lipinski definition) is 2. The Hall–Kier alpha value is -0.570. The zero-order valence-corrected chi connectivity index (χ0v) is 10.4. The van der Waals surface area contributed by atoms with E-state index in [-0.39, 0.29) is 5.92 Å². The lowest BCUT2D eigenvalue weighted by Crippen LogP contribution is -2.43. The van der Waals surface area contributed by atoms with E-state index in [1.807, 2.05) is 13.8 Å². The number of aliphatic carboxylic acids is 1. The molecule has 0 rings (SSSR count). The van der Waals surface area contributed by atoms with Crippen molar-refractivity contribution >= 4 is 5.97 Å². The molecule has 0 heterocycles. The van der Waals surface area contributed by atoms with Crippen molar-refractivity contribution < 1.29 is 15.0 Å². The fraction of sp³-hybridized carbons (Fsp3) is 0.917. The van der Waals surface area contributed by atoms with Crippen molar-refractivity contribution in [2.24, 2.45) is 17.8 Å². The number of carboxylic acid groups (broad SMARTS) is 1. The van der Waals surface area contributed by atoms with Crippen LogP contribution >= 0.6 is 0 Å². The van der Waals surface area contributed by atoms with Crippen LogP contribution in [0.2, 0.25) is 0 Å². The van der Waals surface area contributed by atoms with Crippen LogP contribution in [0.3, 0.4) is 0 Å². The summed E-state index contributed by atoms with van der Waals surface area (Å²) in [5.41, 5.74) is -1.11. The Labute approximate surface area is 92.5 Å². The van der Waals surface area contributed by atoms with E-state index < -0.39 is 17.5 Å². The Balaban J connectivity index is 4.57. The minimum Gasteiger partial charge on any atom is -0.481 e. The predicted molar refractivity (Wildman–Crippen MR) is 60.7 cm³/mol. The van der Waals surface area contributed by atoms with E-state index in [0.717, 1.165) is 6.42 Å². The third kappa shape index (κ3) is 4.65. The minimum atomic E-state index is -1.11. The van der Waals surface area contributed by atoms with Gasteiger partial charge >= 0.3 is 5.97 Å². The SMILES string of the molecule is CC(C)CCC(C)(O)C(C(=O)O)C(C)C. The molecule has 0 aromatic rings. The maximum absolute atomic E-state index is 11.1. The van der Waals surface area contributed by atoms with Gasteiger partial charge < -0.3 is 10.2 Å². The van der Waals surface area contributed by atoms with Gasteiger partial charge in [0, 0.05) is 0 Å². The number of hydrogen-bond donors (Lipinski definition) is 2. The van der Waals surface area contributed by atoms with Crippen molar-refractivity contribution in [1.29, 1.82) is 0 Å². The molecule has 0 amide bonds. The first-order chi connectivity index (χ1) is 6.68. The van der Waals surface area contributed by atoms with E-state index in [4.69, 9.17) is 5.11 Å². The average Bonchev–Trinajstić information content (AvgIpc) is 1.98. The summed E-state index contributed by atoms with van der Waals surface area (Å²) in [4.78, 5) is 11.1. The lowest BCUT2D eigenvalue weighted by Gasteiger charge is -2.33. The van der Waals surface area contributed by atoms with Crippen molar-refractivity contribution in [2.45, 2.75) is 53.1 Å². The molecule has 0 radical (unpaired) electrons. The third-order valence-electron chi connectivity index (χ3n) is 2.83. The molecule has 2 N–H and O–H groups in total. The Bertz CT molecular complexity index is 207. The molecular weight excluding hydrogens is 192 g/mol. The van der Waals surface area contributed by atoms with E-state index >= 15 is 0 Å². The molecule has 0 saturated carbocycles. The first-order valence-corrected chi connectivity index (χ1v) is 5.63. The monoisotopic (exact) mass is 216 g/mol. The van der Waals surface area contributed by atoms with Gasteiger partial charge in [0.15, 0.2) is 0 Å². The summed E-state index contributed by atoms with van der Waals surface area (Å²) < 4.78 is 0. The van der Waals surface area contributed by atoms with E-state index in [0.29, 0.717) is 12.3 Å². The van der Waals surface area contributed by atoms with Gasteiger partial charge in [-0.2, -0.15) is 0 Å². The third-order valence-corrected chi connectivity index (χ3v) is 2.83. The fourth-order valence-corrected chi connectivity index (χ4v) is 2.01. The van der Waals surface area contributed by atoms with Gasteiger partial charge in [0.25, 0.3) is 0 Å². The summed E-state index contributed by atoms with van der Waals surface area (Å²) in [5.74, 6) is -1.15. The summed E-state index contributed by atoms with van der Waals surface area (Å²) in [6, 6.07) is 0. The number of carboxylic acids is 1. The first kappa shape index (κ1) is 14.4. The smallest absolute Gasteiger partial charge is 0.309 e. The molecule has 0 aromatic heterocycles. The number of aliphatic hydroxyl groups is 1. The van der Waals surface area contributed by atoms with E-state index in [1.165, 1.54) is 0 Å². The molecule has 0 saturated heterocycles. The largest absolute Gasteiger partial charge is 0.481 e. The molecule has 2 unspecified atom stereocenters. The Kier molecular flexibility index (Phi) is 5.29. The van der Waals surface area contributed by atoms with Crippen molar-refractivity contribution in [3.8, 4) is 0 Å². The molecule has 0 aromatic carbocycles. The van der Waals surface area contributed by atoms with Crippen LogP contribution in [-0.4, -0.2) is 21.8 Å². The summed E-state index contributed by atoms with van der Waals surface area (Å²) in [6.45, 7) is 9.45. The van der Waals surface area contributed by atoms with Crippen molar-refractivity contribution in [3.05, 3.63) is 0 Å². The standard InChI is InChI=1S/C12H24O3/c1-8(2)6-7-12(5,15)10(9(3)4)11(13)14/h8-10,15H,6-7H2,1-5H3,(H,13,14). The lowest BCUT2D eigenvalue weighted by atomic mass is 9.77. The van der Waals surface area contributed by atoms with E-state index in [1.54, 1.807) is 6.92 Å². The summed E-state index contributed by atoms with van der Waals surface area (Å²) in [7, 11) is 0. The Morgan fingerprint density at radius 3 is 2.00 bits per heavy atom. The lowest BCUT2D eigenvalue weighted by molar-refractivity contribution is -0.155. The van der Waals surface area contributed by atoms with E-state index in [2.05, 4.69) is 13.8 Å². The highest BCUT2D eigenvalue weighted by atomic mass is 16.4. The van der Waals surface area contributed by atoms with Gasteiger partial charge in [0.2, 0.25) is 0 Å². The average molecular weight is 216 g/mol. The van der Waals surface area contributed by atoms with Crippen molar-refractivity contribution in [3.63, 3.8) is 0 Å². The van der Waals surface area contributed by atoms with Gasteiger partial charge in [-0.3, -0.25) is 4.79 Å². The second-order valence-corrected chi connectivity index (χ2v) is 5.35. The summed E-state index contributed by atoms with van der Waals surface area (Å²) in [6.07, 6.45) is 1.39. The van der Waals surface area contributed by atoms with Gasteiger partial charge in [0.1, 0.15) is 0 Å². The quantitative estimate of drug-likeness (QED) is 0.717. The van der Waals surface area contributed by atoms with E-state index in [9.17, 15) is 9.90 Å². The normalized spacial score (nSPS) is 17.9. The predicted octanol–water partition coefficient (Wildman–Crippen LogP) is 2.53. The Morgan fingerprint density at radius 2 is 1.73 bits per heavy atom. The van der Waals surface area contributed by atoms with Crippen LogP contribution < -0.4 is 0 Å². The molecule has 0 aliphatic heterocycles. The molecule has 0 bridgehead atoms. The maximum atomic E-state index is 11.1. The molecule has 15 heavy (non-hydrogen) atoms. The molecule has 3 heteroatoms. The molecule has 0 spiro atoms. The highest BCUT2D eigenvalue weighted by Gasteiger charge is 2.39. The number of rotatable bonds is 6. The van der Waals surface area contributed by atoms with Gasteiger partial charge in [-0.25, -0.2) is 0 Å². The maximum Gasteiger partial charge on any atom is 0.309 e. The zero-order chi connectivity index (χ0) is 12.2. The van der Waals surface area contributed by atoms with Gasteiger partial charge in [-0.15, -0.1) is 0 Å². The molecule has 0 fully saturated rings. The Morgan fingerprint density at radius 1 is 1.27 bits per heavy atom. The van der Waals surface area contributed by atoms with Crippen LogP contribution in [0.5, 0.6) is 0 Å². The zero-order valence-electron chi connectivity index (χ0n) is 10.4. The minimum absolute atomic E-state index is 0.0512. The van der Waals surface area contributed by atoms with Crippen LogP contribution in [0.1, 0.15) is 47.5 Å². The molecule has 0 aliphatic carbocycles. The van der Waals surface area contributed by atoms with Crippen LogP contribution in [-0.2, 0) is 4.79 Å². The summed E-state index contributed by atoms with van der Waals surface area (Å²) >= 11 is 0. The molecule has 0 aliphatic rings. The second kappa shape index (κ2) is 5.50. The highest BCUT2D eigenvalue weighted by Crippen LogP contribution is 2.30. The fourth-order valence-electron chi connectivity index (χ4n) is 2.01. The van der Waals surface area contributed by atoms with Crippen LogP contribution in [0.15, 0.2) is 0 Å². The van der Waals surface area contributed by atoms with Crippen molar-refractivity contribution in [2.75, 3.05) is 0 Å². The van der Waals surface area contributed by atoms with Gasteiger partial charge in [0.05, 0.1) is 11.5 Å². The molecule has 90 valence electrons. The molecular formula is C12H24O3. The topological polar surface area (TPSA) is 57.5 Å². The second-order valence-electron chi connectivity index (χ2n) is 5.35. The van der Waals surface area contributed by atoms with Gasteiger partial charge in [-0.05, 0) is 31.6 Å². The van der Waals surface area contributed by atoms with Crippen LogP contribution in [0.25, 0.3) is 0 Å². The summed E-state index contributed by atoms with van der Waals surface area (Å²) in [5, 5.41) is 19.3. The van der Waals surface area contributed by atoms with Crippen LogP contribution in [0, 0.1) is 17.8 Å². The molecule has 3 nitrogen and oxygen atoms in total. The number of carbonyl (C=O) groups is 1. The van der Waals surface area contributed by atoms with Gasteiger partial charge in [-0.1, -0.05) is 27.7 Å². The highest BCUT2D eigenvalue weighted by molar-refractivity contribution is 5.71.